The largest absolute Gasteiger partial charge is 3.00 e. The molecule has 0 heterocycles. The van der Waals surface area contributed by atoms with Gasteiger partial charge in [-0.05, 0) is 16.7 Å². The van der Waals surface area contributed by atoms with Crippen LogP contribution in [-0.4, -0.2) is 17.9 Å². The second-order valence-corrected chi connectivity index (χ2v) is 6.10. The molecule has 0 unspecified atom stereocenters. The first-order valence-electron chi connectivity index (χ1n) is 9.08. The minimum Gasteiger partial charge on any atom is -0.550 e. The normalized spacial score (nSPS) is 8.90. The molecule has 0 aliphatic heterocycles. The minimum absolute atomic E-state index is 0. The van der Waals surface area contributed by atoms with Crippen LogP contribution in [0.2, 0.25) is 0 Å². The van der Waals surface area contributed by atoms with Crippen LogP contribution in [0.1, 0.15) is 16.7 Å². The van der Waals surface area contributed by atoms with E-state index in [9.17, 15) is 29.7 Å². The van der Waals surface area contributed by atoms with Gasteiger partial charge in [-0.3, -0.25) is 0 Å². The monoisotopic (exact) mass is 544 g/mol. The topological polar surface area (TPSA) is 120 Å². The number of carbonyl (C=O) groups excluding carboxylic acids is 3. The van der Waals surface area contributed by atoms with E-state index in [1.54, 1.807) is 72.8 Å². The summed E-state index contributed by atoms with van der Waals surface area (Å²) in [5.41, 5.74) is 2.34. The fourth-order valence-corrected chi connectivity index (χ4v) is 2.29. The quantitative estimate of drug-likeness (QED) is 0.429. The van der Waals surface area contributed by atoms with Crippen molar-refractivity contribution >= 4 is 17.9 Å². The molecule has 0 amide bonds. The van der Waals surface area contributed by atoms with Gasteiger partial charge in [0, 0.05) is 37.2 Å². The average Bonchev–Trinajstić information content (AvgIpc) is 2.70. The van der Waals surface area contributed by atoms with Crippen LogP contribution in [0, 0.1) is 35.6 Å². The molecule has 0 radical (unpaired) electrons. The van der Waals surface area contributed by atoms with Crippen LogP contribution in [0.25, 0.3) is 0 Å². The van der Waals surface area contributed by atoms with E-state index >= 15 is 0 Å². The molecule has 0 bridgehead atoms. The molecule has 3 aromatic carbocycles. The van der Waals surface area contributed by atoms with Crippen LogP contribution < -0.4 is 15.3 Å². The summed E-state index contributed by atoms with van der Waals surface area (Å²) in [6.45, 7) is 0. The maximum atomic E-state index is 10.1. The van der Waals surface area contributed by atoms with Gasteiger partial charge in [-0.2, -0.15) is 0 Å². The molecule has 3 rings (SSSR count). The summed E-state index contributed by atoms with van der Waals surface area (Å²) in [6, 6.07) is 26.9. The summed E-state index contributed by atoms with van der Waals surface area (Å²) < 4.78 is 0. The van der Waals surface area contributed by atoms with E-state index in [1.165, 1.54) is 0 Å². The van der Waals surface area contributed by atoms with Gasteiger partial charge >= 0.3 is 35.6 Å². The number of rotatable bonds is 6. The van der Waals surface area contributed by atoms with E-state index in [4.69, 9.17) is 0 Å². The van der Waals surface area contributed by atoms with Crippen molar-refractivity contribution in [1.29, 1.82) is 0 Å². The van der Waals surface area contributed by atoms with Gasteiger partial charge < -0.3 is 29.7 Å². The fraction of sp³-hybridized carbons (Fsp3) is 0.125. The average molecular weight is 544 g/mol. The van der Waals surface area contributed by atoms with Gasteiger partial charge in [0.2, 0.25) is 0 Å². The first kappa shape index (κ1) is 28.3. The molecule has 0 aliphatic rings. The number of carboxylic acids is 3. The van der Waals surface area contributed by atoms with Crippen LogP contribution in [0.5, 0.6) is 0 Å². The molecule has 3 aromatic rings. The first-order valence-corrected chi connectivity index (χ1v) is 9.08. The van der Waals surface area contributed by atoms with E-state index in [1.807, 2.05) is 18.2 Å². The molecule has 156 valence electrons. The van der Waals surface area contributed by atoms with E-state index < -0.39 is 17.9 Å². The summed E-state index contributed by atoms with van der Waals surface area (Å²) in [7, 11) is 0. The second kappa shape index (κ2) is 17.0. The number of carbonyl (C=O) groups is 3. The summed E-state index contributed by atoms with van der Waals surface area (Å²) in [6.07, 6.45) is 0.00250. The van der Waals surface area contributed by atoms with Gasteiger partial charge in [0.15, 0.2) is 0 Å². The summed E-state index contributed by atoms with van der Waals surface area (Å²) in [5.74, 6) is -3.11. The molecule has 0 aromatic heterocycles. The van der Waals surface area contributed by atoms with Crippen molar-refractivity contribution in [3.05, 3.63) is 108 Å². The molecular formula is C24H21LaO6. The van der Waals surface area contributed by atoms with Crippen molar-refractivity contribution in [2.75, 3.05) is 0 Å². The second-order valence-electron chi connectivity index (χ2n) is 6.10. The molecule has 0 spiro atoms. The zero-order chi connectivity index (χ0) is 22.2. The van der Waals surface area contributed by atoms with Gasteiger partial charge in [0.25, 0.3) is 0 Å². The van der Waals surface area contributed by atoms with Crippen LogP contribution >= 0.6 is 0 Å². The van der Waals surface area contributed by atoms with Crippen molar-refractivity contribution in [3.8, 4) is 0 Å². The summed E-state index contributed by atoms with van der Waals surface area (Å²) in [4.78, 5) is 30.2. The van der Waals surface area contributed by atoms with Gasteiger partial charge in [-0.15, -0.1) is 0 Å². The molecule has 0 fully saturated rings. The zero-order valence-electron chi connectivity index (χ0n) is 16.8. The van der Waals surface area contributed by atoms with Crippen molar-refractivity contribution in [3.63, 3.8) is 0 Å². The van der Waals surface area contributed by atoms with Gasteiger partial charge in [0.1, 0.15) is 0 Å². The third-order valence-electron chi connectivity index (χ3n) is 3.57. The number of hydrogen-bond acceptors (Lipinski definition) is 6. The Morgan fingerprint density at radius 1 is 0.452 bits per heavy atom. The summed E-state index contributed by atoms with van der Waals surface area (Å²) in [5, 5.41) is 30.2. The SMILES string of the molecule is O=C([O-])Cc1ccccc1.O=C([O-])Cc1ccccc1.O=C([O-])Cc1ccccc1.[La+3]. The van der Waals surface area contributed by atoms with Crippen LogP contribution in [0.3, 0.4) is 0 Å². The molecule has 6 nitrogen and oxygen atoms in total. The first-order chi connectivity index (χ1) is 14.4. The maximum Gasteiger partial charge on any atom is 3.00 e. The Labute approximate surface area is 209 Å². The fourth-order valence-electron chi connectivity index (χ4n) is 2.29. The zero-order valence-corrected chi connectivity index (χ0v) is 20.4. The van der Waals surface area contributed by atoms with E-state index in [2.05, 4.69) is 0 Å². The van der Waals surface area contributed by atoms with Crippen molar-refractivity contribution < 1.29 is 65.3 Å². The Kier molecular flexibility index (Phi) is 15.5. The molecule has 7 heteroatoms. The van der Waals surface area contributed by atoms with Crippen molar-refractivity contribution in [2.24, 2.45) is 0 Å². The Balaban J connectivity index is 0.000000429. The molecular weight excluding hydrogens is 523 g/mol. The molecule has 0 saturated heterocycles. The molecule has 0 atom stereocenters. The Morgan fingerprint density at radius 2 is 0.645 bits per heavy atom. The number of benzene rings is 3. The Morgan fingerprint density at radius 3 is 0.806 bits per heavy atom. The summed E-state index contributed by atoms with van der Waals surface area (Å²) >= 11 is 0. The van der Waals surface area contributed by atoms with Crippen LogP contribution in [-0.2, 0) is 33.6 Å². The maximum absolute atomic E-state index is 10.1. The van der Waals surface area contributed by atoms with Gasteiger partial charge in [-0.25, -0.2) is 0 Å². The number of carboxylic acid groups (broad SMARTS) is 3. The molecule has 0 aliphatic carbocycles. The van der Waals surface area contributed by atoms with Crippen LogP contribution in [0.4, 0.5) is 0 Å². The molecule has 0 saturated carbocycles. The van der Waals surface area contributed by atoms with Gasteiger partial charge in [0.05, 0.1) is 0 Å². The van der Waals surface area contributed by atoms with E-state index in [-0.39, 0.29) is 54.9 Å². The standard InChI is InChI=1S/3C8H8O2.La/c3*9-8(10)6-7-4-2-1-3-5-7;/h3*1-5H,6H2,(H,9,10);/q;;;+3/p-3. The number of hydrogen-bond donors (Lipinski definition) is 0. The Hall–Kier alpha value is -2.74. The molecule has 31 heavy (non-hydrogen) atoms. The smallest absolute Gasteiger partial charge is 0.550 e. The third kappa shape index (κ3) is 15.7. The van der Waals surface area contributed by atoms with E-state index in [0.717, 1.165) is 16.7 Å². The third-order valence-corrected chi connectivity index (χ3v) is 3.57. The van der Waals surface area contributed by atoms with E-state index in [0.29, 0.717) is 0 Å². The predicted molar refractivity (Wildman–Crippen MR) is 105 cm³/mol. The predicted octanol–water partition coefficient (Wildman–Crippen LogP) is -0.0630. The minimum atomic E-state index is -1.04. The van der Waals surface area contributed by atoms with Crippen molar-refractivity contribution in [1.82, 2.24) is 0 Å². The number of aliphatic carboxylic acids is 3. The van der Waals surface area contributed by atoms with Crippen LogP contribution in [0.15, 0.2) is 91.0 Å². The van der Waals surface area contributed by atoms with Gasteiger partial charge in [-0.1, -0.05) is 91.0 Å². The Bertz CT molecular complexity index is 777. The molecule has 0 N–H and O–H groups in total. The van der Waals surface area contributed by atoms with Crippen molar-refractivity contribution in [2.45, 2.75) is 19.3 Å².